The maximum absolute atomic E-state index is 14.6. The Hall–Kier alpha value is -4.33. The van der Waals surface area contributed by atoms with Crippen LogP contribution in [-0.2, 0) is 24.4 Å². The Morgan fingerprint density at radius 3 is 2.71 bits per heavy atom. The van der Waals surface area contributed by atoms with Crippen molar-refractivity contribution in [3.63, 3.8) is 0 Å². The van der Waals surface area contributed by atoms with Gasteiger partial charge in [0.05, 0.1) is 47.4 Å². The van der Waals surface area contributed by atoms with Gasteiger partial charge < -0.3 is 19.1 Å². The Labute approximate surface area is 235 Å². The average Bonchev–Trinajstić information content (AvgIpc) is 3.54. The third-order valence-electron chi connectivity index (χ3n) is 7.88. The molecule has 0 unspecified atom stereocenters. The summed E-state index contributed by atoms with van der Waals surface area (Å²) >= 11 is 0. The Balaban J connectivity index is 1.16. The maximum Gasteiger partial charge on any atom is 0.335 e. The first-order valence-electron chi connectivity index (χ1n) is 13.5. The zero-order valence-corrected chi connectivity index (χ0v) is 22.2. The lowest BCUT2D eigenvalue weighted by Gasteiger charge is -2.28. The van der Waals surface area contributed by atoms with E-state index < -0.39 is 17.6 Å². The lowest BCUT2D eigenvalue weighted by Crippen LogP contribution is -2.32. The van der Waals surface area contributed by atoms with Crippen molar-refractivity contribution in [2.45, 2.75) is 44.6 Å². The molecule has 1 aromatic heterocycles. The lowest BCUT2D eigenvalue weighted by molar-refractivity contribution is -0.0591. The number of carboxylic acid groups (broad SMARTS) is 1. The van der Waals surface area contributed by atoms with Crippen LogP contribution in [-0.4, -0.2) is 51.3 Å². The van der Waals surface area contributed by atoms with Crippen LogP contribution >= 0.6 is 0 Å². The highest BCUT2D eigenvalue weighted by atomic mass is 19.1. The number of likely N-dealkylation sites (tertiary alicyclic amines) is 1. The normalized spacial score (nSPS) is 18.8. The number of halogens is 2. The second-order valence-corrected chi connectivity index (χ2v) is 10.5. The van der Waals surface area contributed by atoms with Crippen molar-refractivity contribution in [1.29, 1.82) is 5.26 Å². The molecule has 210 valence electrons. The average molecular weight is 559 g/mol. The molecule has 0 amide bonds. The summed E-state index contributed by atoms with van der Waals surface area (Å²) in [5.74, 6) is -1.07. The fraction of sp³-hybridized carbons (Fsp3) is 0.323. The molecule has 8 nitrogen and oxygen atoms in total. The SMILES string of the molecule is N#Cc1ccc(OCc2cc([C@@H]3CCN(Cc4nc5ccc(C(=O)O)cc5n4C[C@@H]4CCO4)C3)ccc2F)c(F)c1. The van der Waals surface area contributed by atoms with Gasteiger partial charge in [0.25, 0.3) is 0 Å². The van der Waals surface area contributed by atoms with E-state index in [1.807, 2.05) is 6.07 Å². The van der Waals surface area contributed by atoms with Gasteiger partial charge in [-0.05, 0) is 79.4 Å². The highest BCUT2D eigenvalue weighted by molar-refractivity contribution is 5.92. The van der Waals surface area contributed by atoms with Gasteiger partial charge in [0, 0.05) is 18.7 Å². The molecular formula is C31H28F2N4O4. The molecule has 4 aromatic rings. The second kappa shape index (κ2) is 11.3. The summed E-state index contributed by atoms with van der Waals surface area (Å²) < 4.78 is 42.1. The summed E-state index contributed by atoms with van der Waals surface area (Å²) in [6.07, 6.45) is 1.92. The second-order valence-electron chi connectivity index (χ2n) is 10.5. The molecule has 2 aliphatic heterocycles. The highest BCUT2D eigenvalue weighted by Gasteiger charge is 2.28. The first-order chi connectivity index (χ1) is 19.9. The van der Waals surface area contributed by atoms with Crippen molar-refractivity contribution in [3.05, 3.63) is 94.3 Å². The molecule has 3 aromatic carbocycles. The predicted octanol–water partition coefficient (Wildman–Crippen LogP) is 5.24. The molecule has 2 aliphatic rings. The summed E-state index contributed by atoms with van der Waals surface area (Å²) in [4.78, 5) is 18.7. The minimum absolute atomic E-state index is 0.0356. The molecule has 2 saturated heterocycles. The van der Waals surface area contributed by atoms with E-state index in [0.717, 1.165) is 61.0 Å². The molecule has 1 N–H and O–H groups in total. The Bertz CT molecular complexity index is 1660. The zero-order valence-electron chi connectivity index (χ0n) is 22.2. The zero-order chi connectivity index (χ0) is 28.5. The number of aromatic nitrogens is 2. The van der Waals surface area contributed by atoms with Crippen molar-refractivity contribution < 1.29 is 28.2 Å². The van der Waals surface area contributed by atoms with Gasteiger partial charge in [-0.15, -0.1) is 0 Å². The van der Waals surface area contributed by atoms with Crippen molar-refractivity contribution in [2.24, 2.45) is 0 Å². The van der Waals surface area contributed by atoms with E-state index in [9.17, 15) is 18.7 Å². The summed E-state index contributed by atoms with van der Waals surface area (Å²) in [5.41, 5.74) is 3.26. The molecule has 3 heterocycles. The van der Waals surface area contributed by atoms with Crippen molar-refractivity contribution in [2.75, 3.05) is 19.7 Å². The van der Waals surface area contributed by atoms with Gasteiger partial charge in [0.1, 0.15) is 18.2 Å². The molecular weight excluding hydrogens is 530 g/mol. The van der Waals surface area contributed by atoms with Crippen LogP contribution in [0.5, 0.6) is 5.75 Å². The minimum Gasteiger partial charge on any atom is -0.486 e. The van der Waals surface area contributed by atoms with Crippen LogP contribution in [0.25, 0.3) is 11.0 Å². The number of nitriles is 1. The number of hydrogen-bond donors (Lipinski definition) is 1. The summed E-state index contributed by atoms with van der Waals surface area (Å²) in [7, 11) is 0. The van der Waals surface area contributed by atoms with Crippen molar-refractivity contribution in [1.82, 2.24) is 14.5 Å². The van der Waals surface area contributed by atoms with E-state index in [-0.39, 0.29) is 35.5 Å². The van der Waals surface area contributed by atoms with E-state index in [1.54, 1.807) is 30.3 Å². The number of nitrogens with zero attached hydrogens (tertiary/aromatic N) is 4. The number of hydrogen-bond acceptors (Lipinski definition) is 6. The summed E-state index contributed by atoms with van der Waals surface area (Å²) in [6, 6.07) is 15.8. The van der Waals surface area contributed by atoms with E-state index in [4.69, 9.17) is 19.7 Å². The van der Waals surface area contributed by atoms with E-state index in [0.29, 0.717) is 18.7 Å². The van der Waals surface area contributed by atoms with Crippen LogP contribution in [0.1, 0.15) is 51.6 Å². The van der Waals surface area contributed by atoms with Gasteiger partial charge in [-0.3, -0.25) is 4.90 Å². The molecule has 41 heavy (non-hydrogen) atoms. The molecule has 0 radical (unpaired) electrons. The van der Waals surface area contributed by atoms with Gasteiger partial charge in [0.15, 0.2) is 11.6 Å². The molecule has 0 spiro atoms. The van der Waals surface area contributed by atoms with Crippen molar-refractivity contribution in [3.8, 4) is 11.8 Å². The van der Waals surface area contributed by atoms with Gasteiger partial charge >= 0.3 is 5.97 Å². The highest BCUT2D eigenvalue weighted by Crippen LogP contribution is 2.31. The Morgan fingerprint density at radius 2 is 1.98 bits per heavy atom. The number of ether oxygens (including phenoxy) is 2. The molecule has 10 heteroatoms. The largest absolute Gasteiger partial charge is 0.486 e. The fourth-order valence-corrected chi connectivity index (χ4v) is 5.51. The van der Waals surface area contributed by atoms with Crippen molar-refractivity contribution >= 4 is 17.0 Å². The quantitative estimate of drug-likeness (QED) is 0.300. The van der Waals surface area contributed by atoms with Gasteiger partial charge in [0.2, 0.25) is 0 Å². The minimum atomic E-state index is -0.977. The third kappa shape index (κ3) is 5.64. The monoisotopic (exact) mass is 558 g/mol. The third-order valence-corrected chi connectivity index (χ3v) is 7.88. The number of rotatable bonds is 9. The van der Waals surface area contributed by atoms with E-state index in [1.165, 1.54) is 18.2 Å². The first-order valence-corrected chi connectivity index (χ1v) is 13.5. The number of fused-ring (bicyclic) bond motifs is 1. The summed E-state index contributed by atoms with van der Waals surface area (Å²) in [5, 5.41) is 18.4. The number of aromatic carboxylic acids is 1. The molecule has 2 atom stereocenters. The smallest absolute Gasteiger partial charge is 0.335 e. The van der Waals surface area contributed by atoms with Crippen LogP contribution in [0, 0.1) is 23.0 Å². The molecule has 0 saturated carbocycles. The molecule has 0 bridgehead atoms. The number of carboxylic acids is 1. The molecule has 0 aliphatic carbocycles. The number of benzene rings is 3. The molecule has 2 fully saturated rings. The van der Waals surface area contributed by atoms with Gasteiger partial charge in [-0.25, -0.2) is 18.6 Å². The summed E-state index contributed by atoms with van der Waals surface area (Å²) in [6.45, 7) is 3.38. The topological polar surface area (TPSA) is 101 Å². The van der Waals surface area contributed by atoms with Crippen LogP contribution in [0.15, 0.2) is 54.6 Å². The van der Waals surface area contributed by atoms with E-state index >= 15 is 0 Å². The van der Waals surface area contributed by atoms with Crippen LogP contribution in [0.2, 0.25) is 0 Å². The Kier molecular flexibility index (Phi) is 7.39. The number of carbonyl (C=O) groups is 1. The van der Waals surface area contributed by atoms with Gasteiger partial charge in [-0.1, -0.05) is 6.07 Å². The molecule has 6 rings (SSSR count). The predicted molar refractivity (Wildman–Crippen MR) is 146 cm³/mol. The van der Waals surface area contributed by atoms with Crippen LogP contribution in [0.3, 0.4) is 0 Å². The van der Waals surface area contributed by atoms with Crippen LogP contribution in [0.4, 0.5) is 8.78 Å². The van der Waals surface area contributed by atoms with E-state index in [2.05, 4.69) is 9.47 Å². The first kappa shape index (κ1) is 26.9. The standard InChI is InChI=1S/C31H28F2N4O4/c32-25-4-2-20(12-23(25)18-41-29-6-1-19(14-34)11-26(29)33)22-7-9-36(15-22)17-30-35-27-5-3-21(31(38)39)13-28(27)37(30)16-24-8-10-40-24/h1-6,11-13,22,24H,7-10,15-18H2,(H,38,39)/t22-,24+/m1/s1. The fourth-order valence-electron chi connectivity index (χ4n) is 5.51. The Morgan fingerprint density at radius 1 is 1.12 bits per heavy atom. The lowest BCUT2D eigenvalue weighted by atomic mass is 9.96. The number of imidazole rings is 1. The van der Waals surface area contributed by atoms with Gasteiger partial charge in [-0.2, -0.15) is 5.26 Å². The maximum atomic E-state index is 14.6. The van der Waals surface area contributed by atoms with Crippen LogP contribution < -0.4 is 4.74 Å².